The van der Waals surface area contributed by atoms with E-state index >= 15 is 0 Å². The van der Waals surface area contributed by atoms with Crippen molar-refractivity contribution in [1.29, 1.82) is 0 Å². The predicted molar refractivity (Wildman–Crippen MR) is 98.6 cm³/mol. The normalized spacial score (nSPS) is 11.0. The number of Topliss-reactive ketones (excluding diaryl/α,β-unsaturated/α-hetero) is 1. The van der Waals surface area contributed by atoms with E-state index in [4.69, 9.17) is 11.6 Å². The first-order valence-electron chi connectivity index (χ1n) is 7.93. The molecule has 1 heterocycles. The van der Waals surface area contributed by atoms with E-state index in [-0.39, 0.29) is 17.9 Å². The van der Waals surface area contributed by atoms with Gasteiger partial charge in [-0.25, -0.2) is 4.79 Å². The predicted octanol–water partition coefficient (Wildman–Crippen LogP) is 2.99. The Morgan fingerprint density at radius 1 is 1.08 bits per heavy atom. The Kier molecular flexibility index (Phi) is 4.59. The SMILES string of the molecule is CCC(=O)c1ccc(Cn2c(=O)n(C)c(=O)c3ccc(Cl)cc32)cc1. The molecule has 0 amide bonds. The molecule has 128 valence electrons. The Morgan fingerprint density at radius 3 is 2.40 bits per heavy atom. The second kappa shape index (κ2) is 6.69. The van der Waals surface area contributed by atoms with Crippen LogP contribution >= 0.6 is 11.6 Å². The third-order valence-electron chi connectivity index (χ3n) is 4.24. The van der Waals surface area contributed by atoms with Gasteiger partial charge in [-0.15, -0.1) is 0 Å². The van der Waals surface area contributed by atoms with Gasteiger partial charge in [0.2, 0.25) is 0 Å². The summed E-state index contributed by atoms with van der Waals surface area (Å²) < 4.78 is 2.60. The summed E-state index contributed by atoms with van der Waals surface area (Å²) in [6, 6.07) is 12.0. The molecule has 0 bridgehead atoms. The van der Waals surface area contributed by atoms with Crippen LogP contribution in [0.4, 0.5) is 0 Å². The van der Waals surface area contributed by atoms with Crippen LogP contribution in [0.5, 0.6) is 0 Å². The summed E-state index contributed by atoms with van der Waals surface area (Å²) in [6.07, 6.45) is 0.447. The summed E-state index contributed by atoms with van der Waals surface area (Å²) >= 11 is 6.05. The van der Waals surface area contributed by atoms with Crippen molar-refractivity contribution in [3.05, 3.63) is 79.5 Å². The molecular weight excluding hydrogens is 340 g/mol. The molecule has 0 N–H and O–H groups in total. The van der Waals surface area contributed by atoms with Crippen molar-refractivity contribution in [3.63, 3.8) is 0 Å². The van der Waals surface area contributed by atoms with E-state index in [0.29, 0.717) is 27.9 Å². The van der Waals surface area contributed by atoms with Gasteiger partial charge < -0.3 is 0 Å². The number of benzene rings is 2. The maximum Gasteiger partial charge on any atom is 0.331 e. The molecule has 6 heteroatoms. The molecule has 0 aliphatic heterocycles. The Morgan fingerprint density at radius 2 is 1.76 bits per heavy atom. The van der Waals surface area contributed by atoms with Crippen LogP contribution < -0.4 is 11.2 Å². The van der Waals surface area contributed by atoms with Crippen molar-refractivity contribution in [2.45, 2.75) is 19.9 Å². The Labute approximate surface area is 149 Å². The monoisotopic (exact) mass is 356 g/mol. The number of hydrogen-bond acceptors (Lipinski definition) is 3. The molecule has 0 aliphatic carbocycles. The van der Waals surface area contributed by atoms with Gasteiger partial charge in [-0.2, -0.15) is 0 Å². The number of ketones is 1. The highest BCUT2D eigenvalue weighted by Crippen LogP contribution is 2.17. The third kappa shape index (κ3) is 3.15. The summed E-state index contributed by atoms with van der Waals surface area (Å²) in [5.41, 5.74) is 1.24. The van der Waals surface area contributed by atoms with Gasteiger partial charge in [0.15, 0.2) is 5.78 Å². The molecule has 1 aromatic heterocycles. The fourth-order valence-electron chi connectivity index (χ4n) is 2.80. The number of aromatic nitrogens is 2. The minimum atomic E-state index is -0.409. The molecule has 2 aromatic carbocycles. The number of fused-ring (bicyclic) bond motifs is 1. The zero-order chi connectivity index (χ0) is 18.1. The average Bonchev–Trinajstić information content (AvgIpc) is 2.63. The first-order valence-corrected chi connectivity index (χ1v) is 8.31. The second-order valence-electron chi connectivity index (χ2n) is 5.87. The van der Waals surface area contributed by atoms with Gasteiger partial charge in [0, 0.05) is 24.1 Å². The average molecular weight is 357 g/mol. The molecule has 3 aromatic rings. The molecule has 0 unspecified atom stereocenters. The minimum Gasteiger partial charge on any atom is -0.294 e. The first kappa shape index (κ1) is 17.2. The molecule has 25 heavy (non-hydrogen) atoms. The first-order chi connectivity index (χ1) is 11.9. The highest BCUT2D eigenvalue weighted by Gasteiger charge is 2.12. The van der Waals surface area contributed by atoms with E-state index in [0.717, 1.165) is 10.1 Å². The van der Waals surface area contributed by atoms with Crippen LogP contribution in [0, 0.1) is 0 Å². The third-order valence-corrected chi connectivity index (χ3v) is 4.48. The Balaban J connectivity index is 2.13. The van der Waals surface area contributed by atoms with E-state index in [2.05, 4.69) is 0 Å². The van der Waals surface area contributed by atoms with Crippen molar-refractivity contribution in [3.8, 4) is 0 Å². The number of nitrogens with zero attached hydrogens (tertiary/aromatic N) is 2. The molecule has 0 atom stereocenters. The van der Waals surface area contributed by atoms with Crippen molar-refractivity contribution >= 4 is 28.3 Å². The highest BCUT2D eigenvalue weighted by atomic mass is 35.5. The van der Waals surface area contributed by atoms with Crippen LogP contribution in [0.25, 0.3) is 10.9 Å². The van der Waals surface area contributed by atoms with E-state index in [1.807, 2.05) is 19.1 Å². The number of carbonyl (C=O) groups excluding carboxylic acids is 1. The quantitative estimate of drug-likeness (QED) is 0.675. The van der Waals surface area contributed by atoms with Gasteiger partial charge in [0.05, 0.1) is 17.4 Å². The van der Waals surface area contributed by atoms with Crippen LogP contribution in [0.1, 0.15) is 29.3 Å². The van der Waals surface area contributed by atoms with Crippen LogP contribution in [-0.2, 0) is 13.6 Å². The van der Waals surface area contributed by atoms with Crippen LogP contribution in [-0.4, -0.2) is 14.9 Å². The molecule has 0 saturated carbocycles. The van der Waals surface area contributed by atoms with E-state index < -0.39 is 5.69 Å². The summed E-state index contributed by atoms with van der Waals surface area (Å²) in [6.45, 7) is 2.10. The van der Waals surface area contributed by atoms with E-state index in [1.54, 1.807) is 30.3 Å². The number of hydrogen-bond donors (Lipinski definition) is 0. The maximum atomic E-state index is 12.6. The van der Waals surface area contributed by atoms with Crippen LogP contribution in [0.15, 0.2) is 52.1 Å². The number of carbonyl (C=O) groups is 1. The van der Waals surface area contributed by atoms with Gasteiger partial charge in [-0.3, -0.25) is 18.7 Å². The molecule has 5 nitrogen and oxygen atoms in total. The van der Waals surface area contributed by atoms with Gasteiger partial charge in [-0.1, -0.05) is 42.8 Å². The van der Waals surface area contributed by atoms with Gasteiger partial charge in [-0.05, 0) is 23.8 Å². The molecule has 0 saturated heterocycles. The summed E-state index contributed by atoms with van der Waals surface area (Å²) in [4.78, 5) is 36.6. The van der Waals surface area contributed by atoms with Gasteiger partial charge >= 0.3 is 5.69 Å². The highest BCUT2D eigenvalue weighted by molar-refractivity contribution is 6.31. The maximum absolute atomic E-state index is 12.6. The lowest BCUT2D eigenvalue weighted by Crippen LogP contribution is -2.38. The largest absolute Gasteiger partial charge is 0.331 e. The zero-order valence-electron chi connectivity index (χ0n) is 14.0. The Bertz CT molecular complexity index is 1080. The standard InChI is InChI=1S/C19H17ClN2O3/c1-3-17(23)13-6-4-12(5-7-13)11-22-16-10-14(20)8-9-15(16)18(24)21(2)19(22)25/h4-10H,3,11H2,1-2H3. The molecular formula is C19H17ClN2O3. The van der Waals surface area contributed by atoms with Crippen molar-refractivity contribution in [2.75, 3.05) is 0 Å². The number of rotatable bonds is 4. The summed E-state index contributed by atoms with van der Waals surface area (Å²) in [5, 5.41) is 0.891. The lowest BCUT2D eigenvalue weighted by Gasteiger charge is -2.12. The lowest BCUT2D eigenvalue weighted by molar-refractivity contribution is 0.0988. The van der Waals surface area contributed by atoms with Gasteiger partial charge in [0.25, 0.3) is 5.56 Å². The van der Waals surface area contributed by atoms with E-state index in [1.165, 1.54) is 11.6 Å². The number of halogens is 1. The van der Waals surface area contributed by atoms with Gasteiger partial charge in [0.1, 0.15) is 0 Å². The zero-order valence-corrected chi connectivity index (χ0v) is 14.7. The van der Waals surface area contributed by atoms with Crippen molar-refractivity contribution in [1.82, 2.24) is 9.13 Å². The molecule has 0 radical (unpaired) electrons. The van der Waals surface area contributed by atoms with E-state index in [9.17, 15) is 14.4 Å². The molecule has 0 spiro atoms. The summed E-state index contributed by atoms with van der Waals surface area (Å²) in [7, 11) is 1.46. The summed E-state index contributed by atoms with van der Waals surface area (Å²) in [5.74, 6) is 0.0723. The fraction of sp³-hybridized carbons (Fsp3) is 0.211. The smallest absolute Gasteiger partial charge is 0.294 e. The fourth-order valence-corrected chi connectivity index (χ4v) is 2.96. The van der Waals surface area contributed by atoms with Crippen molar-refractivity contribution in [2.24, 2.45) is 7.05 Å². The van der Waals surface area contributed by atoms with Crippen LogP contribution in [0.2, 0.25) is 5.02 Å². The van der Waals surface area contributed by atoms with Crippen LogP contribution in [0.3, 0.4) is 0 Å². The Hall–Kier alpha value is -2.66. The van der Waals surface area contributed by atoms with Crippen molar-refractivity contribution < 1.29 is 4.79 Å². The second-order valence-corrected chi connectivity index (χ2v) is 6.30. The minimum absolute atomic E-state index is 0.0723. The molecule has 0 fully saturated rings. The lowest BCUT2D eigenvalue weighted by atomic mass is 10.1. The molecule has 3 rings (SSSR count). The molecule has 0 aliphatic rings. The topological polar surface area (TPSA) is 61.1 Å².